The maximum absolute atomic E-state index is 10.7. The summed E-state index contributed by atoms with van der Waals surface area (Å²) in [5.41, 5.74) is 2.29. The molecule has 0 saturated carbocycles. The Balaban J connectivity index is 2.33. The molecule has 0 spiro atoms. The van der Waals surface area contributed by atoms with Crippen LogP contribution in [0.4, 0.5) is 0 Å². The largest absolute Gasteiger partial charge is 0.298 e. The summed E-state index contributed by atoms with van der Waals surface area (Å²) in [7, 11) is 0. The number of aryl methyl sites for hydroxylation is 1. The average Bonchev–Trinajstić information content (AvgIpc) is 2.30. The normalized spacial score (nSPS) is 11.8. The van der Waals surface area contributed by atoms with Crippen LogP contribution in [0.5, 0.6) is 0 Å². The van der Waals surface area contributed by atoms with Crippen LogP contribution in [0.25, 0.3) is 0 Å². The number of carbonyl (C=O) groups is 1. The first-order valence-corrected chi connectivity index (χ1v) is 5.93. The zero-order valence-electron chi connectivity index (χ0n) is 10.1. The van der Waals surface area contributed by atoms with Crippen LogP contribution in [0.1, 0.15) is 32.3 Å². The van der Waals surface area contributed by atoms with Crippen molar-refractivity contribution in [3.63, 3.8) is 0 Å². The van der Waals surface area contributed by atoms with E-state index in [4.69, 9.17) is 0 Å². The summed E-state index contributed by atoms with van der Waals surface area (Å²) in [5, 5.41) is 0. The van der Waals surface area contributed by atoms with Crippen molar-refractivity contribution in [2.24, 2.45) is 5.92 Å². The van der Waals surface area contributed by atoms with Crippen LogP contribution < -0.4 is 0 Å². The molecule has 0 radical (unpaired) electrons. The van der Waals surface area contributed by atoms with Crippen molar-refractivity contribution in [2.45, 2.75) is 33.1 Å². The van der Waals surface area contributed by atoms with E-state index in [0.29, 0.717) is 5.92 Å². The Morgan fingerprint density at radius 2 is 1.94 bits per heavy atom. The van der Waals surface area contributed by atoms with Crippen LogP contribution in [0.3, 0.4) is 0 Å². The molecular weight excluding hydrogens is 196 g/mol. The predicted octanol–water partition coefficient (Wildman–Crippen LogP) is 3.79. The van der Waals surface area contributed by atoms with Crippen LogP contribution in [-0.4, -0.2) is 6.29 Å². The third-order valence-corrected chi connectivity index (χ3v) is 2.70. The van der Waals surface area contributed by atoms with Crippen molar-refractivity contribution < 1.29 is 4.79 Å². The lowest BCUT2D eigenvalue weighted by Crippen LogP contribution is -1.95. The Bertz CT molecular complexity index is 336. The summed E-state index contributed by atoms with van der Waals surface area (Å²) in [6, 6.07) is 10.5. The van der Waals surface area contributed by atoms with E-state index in [-0.39, 0.29) is 0 Å². The number of allylic oxidation sites excluding steroid dienone is 2. The summed E-state index contributed by atoms with van der Waals surface area (Å²) >= 11 is 0. The Morgan fingerprint density at radius 1 is 1.25 bits per heavy atom. The lowest BCUT2D eigenvalue weighted by atomic mass is 10.0. The molecule has 0 aliphatic rings. The Hall–Kier alpha value is -1.37. The quantitative estimate of drug-likeness (QED) is 0.401. The zero-order valence-corrected chi connectivity index (χ0v) is 10.1. The van der Waals surface area contributed by atoms with Crippen molar-refractivity contribution in [1.29, 1.82) is 0 Å². The van der Waals surface area contributed by atoms with Gasteiger partial charge in [-0.2, -0.15) is 0 Å². The molecule has 0 fully saturated rings. The van der Waals surface area contributed by atoms with Gasteiger partial charge in [0.05, 0.1) is 0 Å². The van der Waals surface area contributed by atoms with Crippen molar-refractivity contribution in [2.75, 3.05) is 0 Å². The predicted molar refractivity (Wildman–Crippen MR) is 68.4 cm³/mol. The minimum Gasteiger partial charge on any atom is -0.298 e. The molecule has 0 N–H and O–H groups in total. The number of benzene rings is 1. The van der Waals surface area contributed by atoms with Crippen LogP contribution in [0.15, 0.2) is 42.0 Å². The van der Waals surface area contributed by atoms with Gasteiger partial charge in [-0.25, -0.2) is 0 Å². The van der Waals surface area contributed by atoms with Crippen molar-refractivity contribution in [3.05, 3.63) is 47.5 Å². The third kappa shape index (κ3) is 4.43. The van der Waals surface area contributed by atoms with E-state index in [0.717, 1.165) is 31.1 Å². The first-order valence-electron chi connectivity index (χ1n) is 5.93. The van der Waals surface area contributed by atoms with Gasteiger partial charge in [-0.3, -0.25) is 4.79 Å². The van der Waals surface area contributed by atoms with Crippen molar-refractivity contribution in [3.8, 4) is 0 Å². The molecule has 0 saturated heterocycles. The first-order chi connectivity index (χ1) is 7.74. The number of unbranched alkanes of at least 4 members (excludes halogenated alkanes) is 1. The molecular formula is C15H20O. The van der Waals surface area contributed by atoms with Gasteiger partial charge in [0.1, 0.15) is 6.29 Å². The van der Waals surface area contributed by atoms with E-state index in [1.165, 1.54) is 5.56 Å². The van der Waals surface area contributed by atoms with Crippen LogP contribution in [0, 0.1) is 5.92 Å². The highest BCUT2D eigenvalue weighted by Crippen LogP contribution is 2.10. The SMILES string of the molecule is CC(C)C(C=O)=CCCCc1ccccc1. The van der Waals surface area contributed by atoms with E-state index < -0.39 is 0 Å². The molecule has 1 heteroatoms. The molecule has 86 valence electrons. The fourth-order valence-corrected chi connectivity index (χ4v) is 1.64. The van der Waals surface area contributed by atoms with E-state index >= 15 is 0 Å². The summed E-state index contributed by atoms with van der Waals surface area (Å²) in [6.07, 6.45) is 6.23. The van der Waals surface area contributed by atoms with Gasteiger partial charge in [0.25, 0.3) is 0 Å². The summed E-state index contributed by atoms with van der Waals surface area (Å²) < 4.78 is 0. The number of hydrogen-bond donors (Lipinski definition) is 0. The van der Waals surface area contributed by atoms with Gasteiger partial charge in [-0.1, -0.05) is 50.3 Å². The van der Waals surface area contributed by atoms with Crippen LogP contribution in [-0.2, 0) is 11.2 Å². The lowest BCUT2D eigenvalue weighted by Gasteiger charge is -2.03. The molecule has 16 heavy (non-hydrogen) atoms. The van der Waals surface area contributed by atoms with E-state index in [1.807, 2.05) is 6.07 Å². The van der Waals surface area contributed by atoms with Gasteiger partial charge >= 0.3 is 0 Å². The summed E-state index contributed by atoms with van der Waals surface area (Å²) in [4.78, 5) is 10.7. The molecule has 1 nitrogen and oxygen atoms in total. The topological polar surface area (TPSA) is 17.1 Å². The first kappa shape index (κ1) is 12.7. The fraction of sp³-hybridized carbons (Fsp3) is 0.400. The number of aldehydes is 1. The Morgan fingerprint density at radius 3 is 2.50 bits per heavy atom. The monoisotopic (exact) mass is 216 g/mol. The van der Waals surface area contributed by atoms with Gasteiger partial charge in [0, 0.05) is 0 Å². The van der Waals surface area contributed by atoms with Gasteiger partial charge in [-0.15, -0.1) is 0 Å². The molecule has 0 aliphatic carbocycles. The summed E-state index contributed by atoms with van der Waals surface area (Å²) in [5.74, 6) is 0.342. The molecule has 0 aliphatic heterocycles. The average molecular weight is 216 g/mol. The molecule has 0 amide bonds. The van der Waals surface area contributed by atoms with Gasteiger partial charge in [0.15, 0.2) is 0 Å². The maximum atomic E-state index is 10.7. The molecule has 0 bridgehead atoms. The number of hydrogen-bond acceptors (Lipinski definition) is 1. The maximum Gasteiger partial charge on any atom is 0.145 e. The van der Waals surface area contributed by atoms with Crippen molar-refractivity contribution >= 4 is 6.29 Å². The molecule has 1 aromatic rings. The van der Waals surface area contributed by atoms with E-state index in [2.05, 4.69) is 44.2 Å². The Labute approximate surface area is 98.2 Å². The van der Waals surface area contributed by atoms with Gasteiger partial charge < -0.3 is 0 Å². The molecule has 0 aromatic heterocycles. The number of rotatable bonds is 6. The molecule has 1 rings (SSSR count). The second-order valence-electron chi connectivity index (χ2n) is 4.35. The highest BCUT2D eigenvalue weighted by Gasteiger charge is 2.00. The highest BCUT2D eigenvalue weighted by atomic mass is 16.1. The minimum absolute atomic E-state index is 0.342. The molecule has 1 aromatic carbocycles. The van der Waals surface area contributed by atoms with Crippen LogP contribution in [0.2, 0.25) is 0 Å². The number of carbonyl (C=O) groups excluding carboxylic acids is 1. The second kappa shape index (κ2) is 7.00. The molecule has 0 heterocycles. The smallest absolute Gasteiger partial charge is 0.145 e. The van der Waals surface area contributed by atoms with Gasteiger partial charge in [0.2, 0.25) is 0 Å². The van der Waals surface area contributed by atoms with E-state index in [9.17, 15) is 4.79 Å². The minimum atomic E-state index is 0.342. The molecule has 0 atom stereocenters. The Kier molecular flexibility index (Phi) is 5.55. The standard InChI is InChI=1S/C15H20O/c1-13(2)15(12-16)11-7-6-10-14-8-4-3-5-9-14/h3-5,8-9,11-13H,6-7,10H2,1-2H3. The summed E-state index contributed by atoms with van der Waals surface area (Å²) in [6.45, 7) is 4.11. The fourth-order valence-electron chi connectivity index (χ4n) is 1.64. The highest BCUT2D eigenvalue weighted by molar-refractivity contribution is 5.73. The van der Waals surface area contributed by atoms with E-state index in [1.54, 1.807) is 0 Å². The third-order valence-electron chi connectivity index (χ3n) is 2.70. The lowest BCUT2D eigenvalue weighted by molar-refractivity contribution is -0.105. The van der Waals surface area contributed by atoms with Crippen LogP contribution >= 0.6 is 0 Å². The zero-order chi connectivity index (χ0) is 11.8. The molecule has 0 unspecified atom stereocenters. The second-order valence-corrected chi connectivity index (χ2v) is 4.35. The van der Waals surface area contributed by atoms with Crippen molar-refractivity contribution in [1.82, 2.24) is 0 Å². The van der Waals surface area contributed by atoms with Gasteiger partial charge in [-0.05, 0) is 36.3 Å².